The second-order valence-corrected chi connectivity index (χ2v) is 7.47. The van der Waals surface area contributed by atoms with Crippen LogP contribution in [0, 0.1) is 35.4 Å². The lowest BCUT2D eigenvalue weighted by atomic mass is 9.86. The van der Waals surface area contributed by atoms with Crippen molar-refractivity contribution >= 4 is 11.6 Å². The number of aliphatic hydroxyl groups excluding tert-OH is 1. The van der Waals surface area contributed by atoms with E-state index in [0.29, 0.717) is 29.3 Å². The molecule has 3 fully saturated rings. The number of benzene rings is 1. The third-order valence-corrected chi connectivity index (χ3v) is 6.54. The summed E-state index contributed by atoms with van der Waals surface area (Å²) in [7, 11) is 0. The van der Waals surface area contributed by atoms with Crippen LogP contribution in [0.1, 0.15) is 30.7 Å². The molecule has 114 valence electrons. The van der Waals surface area contributed by atoms with Gasteiger partial charge < -0.3 is 10.8 Å². The number of aliphatic hydroxyl groups is 1. The maximum absolute atomic E-state index is 13.2. The van der Waals surface area contributed by atoms with Crippen molar-refractivity contribution in [2.24, 2.45) is 35.3 Å². The quantitative estimate of drug-likeness (QED) is 0.897. The average molecular weight is 310 g/mol. The van der Waals surface area contributed by atoms with E-state index in [9.17, 15) is 9.50 Å². The number of nitrogens with two attached hydrogens (primary N) is 1. The Labute approximate surface area is 129 Å². The minimum Gasteiger partial charge on any atom is -0.392 e. The Kier molecular flexibility index (Phi) is 3.29. The lowest BCUT2D eigenvalue weighted by Gasteiger charge is -2.25. The molecule has 0 radical (unpaired) electrons. The highest BCUT2D eigenvalue weighted by Crippen LogP contribution is 2.71. The van der Waals surface area contributed by atoms with E-state index in [-0.39, 0.29) is 11.7 Å². The van der Waals surface area contributed by atoms with Gasteiger partial charge in [-0.25, -0.2) is 4.39 Å². The van der Waals surface area contributed by atoms with Gasteiger partial charge >= 0.3 is 0 Å². The second-order valence-electron chi connectivity index (χ2n) is 7.06. The van der Waals surface area contributed by atoms with Crippen molar-refractivity contribution in [1.82, 2.24) is 0 Å². The van der Waals surface area contributed by atoms with Gasteiger partial charge in [-0.1, -0.05) is 17.7 Å². The molecule has 3 aliphatic carbocycles. The van der Waals surface area contributed by atoms with E-state index in [4.69, 9.17) is 17.3 Å². The minimum atomic E-state index is -0.448. The van der Waals surface area contributed by atoms with Gasteiger partial charge in [0.05, 0.1) is 6.10 Å². The highest BCUT2D eigenvalue weighted by Gasteiger charge is 2.67. The predicted octanol–water partition coefficient (Wildman–Crippen LogP) is 3.17. The van der Waals surface area contributed by atoms with Crippen LogP contribution < -0.4 is 5.73 Å². The molecule has 4 rings (SSSR count). The summed E-state index contributed by atoms with van der Waals surface area (Å²) in [6.45, 7) is 0.345. The number of fused-ring (bicyclic) bond motifs is 5. The Balaban J connectivity index is 1.56. The van der Waals surface area contributed by atoms with Crippen LogP contribution in [0.5, 0.6) is 0 Å². The molecule has 3 saturated carbocycles. The average Bonchev–Trinajstić information content (AvgIpc) is 2.89. The van der Waals surface area contributed by atoms with Gasteiger partial charge in [0.25, 0.3) is 0 Å². The molecule has 3 aliphatic rings. The molecule has 0 aliphatic heterocycles. The van der Waals surface area contributed by atoms with E-state index in [1.54, 1.807) is 6.07 Å². The molecule has 21 heavy (non-hydrogen) atoms. The summed E-state index contributed by atoms with van der Waals surface area (Å²) in [5, 5.41) is 11.2. The molecule has 6 unspecified atom stereocenters. The molecule has 0 heterocycles. The van der Waals surface area contributed by atoms with E-state index in [1.807, 2.05) is 0 Å². The topological polar surface area (TPSA) is 46.2 Å². The van der Waals surface area contributed by atoms with Gasteiger partial charge in [-0.05, 0) is 66.5 Å². The van der Waals surface area contributed by atoms with Crippen molar-refractivity contribution in [3.05, 3.63) is 34.6 Å². The van der Waals surface area contributed by atoms with E-state index >= 15 is 0 Å². The zero-order valence-electron chi connectivity index (χ0n) is 11.9. The SMILES string of the molecule is NCC(c1ccc(F)cc1Cl)C(O)C1C2C3CCC(C3)C21. The molecule has 2 bridgehead atoms. The first kappa shape index (κ1) is 14.0. The first-order valence-corrected chi connectivity index (χ1v) is 8.32. The zero-order chi connectivity index (χ0) is 14.7. The monoisotopic (exact) mass is 309 g/mol. The fraction of sp³-hybridized carbons (Fsp3) is 0.647. The molecular weight excluding hydrogens is 289 g/mol. The first-order valence-electron chi connectivity index (χ1n) is 7.95. The van der Waals surface area contributed by atoms with Crippen LogP contribution >= 0.6 is 11.6 Å². The maximum Gasteiger partial charge on any atom is 0.124 e. The molecule has 3 N–H and O–H groups in total. The fourth-order valence-corrected chi connectivity index (χ4v) is 5.68. The number of rotatable bonds is 4. The van der Waals surface area contributed by atoms with Gasteiger partial charge in [0.15, 0.2) is 0 Å². The van der Waals surface area contributed by atoms with Crippen molar-refractivity contribution in [2.75, 3.05) is 6.54 Å². The zero-order valence-corrected chi connectivity index (χ0v) is 12.6. The van der Waals surface area contributed by atoms with Crippen LogP contribution in [-0.2, 0) is 0 Å². The molecule has 0 saturated heterocycles. The van der Waals surface area contributed by atoms with Crippen molar-refractivity contribution in [2.45, 2.75) is 31.3 Å². The molecule has 0 spiro atoms. The Morgan fingerprint density at radius 3 is 2.52 bits per heavy atom. The van der Waals surface area contributed by atoms with E-state index < -0.39 is 6.10 Å². The molecule has 0 amide bonds. The van der Waals surface area contributed by atoms with Gasteiger partial charge in [-0.2, -0.15) is 0 Å². The van der Waals surface area contributed by atoms with Crippen molar-refractivity contribution in [1.29, 1.82) is 0 Å². The van der Waals surface area contributed by atoms with Crippen molar-refractivity contribution in [3.63, 3.8) is 0 Å². The number of halogens is 2. The molecule has 6 atom stereocenters. The Morgan fingerprint density at radius 2 is 1.95 bits per heavy atom. The van der Waals surface area contributed by atoms with Gasteiger partial charge in [-0.3, -0.25) is 0 Å². The molecule has 1 aromatic rings. The molecular formula is C17H21ClFNO. The summed E-state index contributed by atoms with van der Waals surface area (Å²) in [4.78, 5) is 0. The summed E-state index contributed by atoms with van der Waals surface area (Å²) >= 11 is 6.16. The third kappa shape index (κ3) is 2.05. The Hall–Kier alpha value is -0.640. The molecule has 2 nitrogen and oxygen atoms in total. The van der Waals surface area contributed by atoms with Crippen molar-refractivity contribution < 1.29 is 9.50 Å². The van der Waals surface area contributed by atoms with E-state index in [1.165, 1.54) is 31.4 Å². The van der Waals surface area contributed by atoms with Gasteiger partial charge in [0.1, 0.15) is 5.82 Å². The van der Waals surface area contributed by atoms with Gasteiger partial charge in [0.2, 0.25) is 0 Å². The summed E-state index contributed by atoms with van der Waals surface area (Å²) < 4.78 is 13.2. The lowest BCUT2D eigenvalue weighted by molar-refractivity contribution is 0.102. The summed E-state index contributed by atoms with van der Waals surface area (Å²) in [6, 6.07) is 4.38. The summed E-state index contributed by atoms with van der Waals surface area (Å²) in [5.74, 6) is 2.89. The van der Waals surface area contributed by atoms with Crippen LogP contribution in [0.4, 0.5) is 4.39 Å². The van der Waals surface area contributed by atoms with Crippen LogP contribution in [0.25, 0.3) is 0 Å². The standard InChI is InChI=1S/C17H21ClFNO/c18-13-6-10(19)3-4-11(13)12(7-20)17(21)16-14-8-1-2-9(5-8)15(14)16/h3-4,6,8-9,12,14-17,21H,1-2,5,7,20H2. The van der Waals surface area contributed by atoms with E-state index in [0.717, 1.165) is 17.4 Å². The van der Waals surface area contributed by atoms with Crippen LogP contribution in [0.2, 0.25) is 5.02 Å². The smallest absolute Gasteiger partial charge is 0.124 e. The van der Waals surface area contributed by atoms with Gasteiger partial charge in [0, 0.05) is 17.5 Å². The second kappa shape index (κ2) is 4.94. The highest BCUT2D eigenvalue weighted by molar-refractivity contribution is 6.31. The number of hydrogen-bond donors (Lipinski definition) is 2. The molecule has 1 aromatic carbocycles. The number of hydrogen-bond acceptors (Lipinski definition) is 2. The largest absolute Gasteiger partial charge is 0.392 e. The Bertz CT molecular complexity index is 550. The first-order chi connectivity index (χ1) is 10.1. The normalized spacial score (nSPS) is 39.1. The molecule has 0 aromatic heterocycles. The molecule has 4 heteroatoms. The highest BCUT2D eigenvalue weighted by atomic mass is 35.5. The predicted molar refractivity (Wildman–Crippen MR) is 80.5 cm³/mol. The maximum atomic E-state index is 13.2. The summed E-state index contributed by atoms with van der Waals surface area (Å²) in [5.41, 5.74) is 6.68. The fourth-order valence-electron chi connectivity index (χ4n) is 5.37. The van der Waals surface area contributed by atoms with Crippen LogP contribution in [0.3, 0.4) is 0 Å². The minimum absolute atomic E-state index is 0.187. The van der Waals surface area contributed by atoms with Gasteiger partial charge in [-0.15, -0.1) is 0 Å². The Morgan fingerprint density at radius 1 is 1.29 bits per heavy atom. The van der Waals surface area contributed by atoms with Crippen LogP contribution in [-0.4, -0.2) is 17.8 Å². The van der Waals surface area contributed by atoms with Crippen molar-refractivity contribution in [3.8, 4) is 0 Å². The summed E-state index contributed by atoms with van der Waals surface area (Å²) in [6.07, 6.45) is 3.58. The van der Waals surface area contributed by atoms with Crippen LogP contribution in [0.15, 0.2) is 18.2 Å². The lowest BCUT2D eigenvalue weighted by Crippen LogP contribution is -2.30. The third-order valence-electron chi connectivity index (χ3n) is 6.22. The van der Waals surface area contributed by atoms with E-state index in [2.05, 4.69) is 0 Å².